The molecule has 0 aliphatic rings. The van der Waals surface area contributed by atoms with Crippen LogP contribution in [0.1, 0.15) is 28.7 Å². The highest BCUT2D eigenvalue weighted by Gasteiger charge is 2.19. The maximum Gasteiger partial charge on any atom is 0.214 e. The zero-order chi connectivity index (χ0) is 20.8. The molecule has 0 fully saturated rings. The number of ketones is 1. The molecule has 2 aromatic heterocycles. The molecule has 3 aromatic rings. The lowest BCUT2D eigenvalue weighted by molar-refractivity contribution is 0.102. The van der Waals surface area contributed by atoms with Crippen LogP contribution < -0.4 is 4.74 Å². The molecule has 0 amide bonds. The lowest BCUT2D eigenvalue weighted by Crippen LogP contribution is -2.10. The van der Waals surface area contributed by atoms with E-state index in [2.05, 4.69) is 20.1 Å². The molecule has 0 radical (unpaired) electrons. The standard InChI is InChI=1S/C20H25N5O3S/c1-5-28-19-9-7-6-8-17(19)25-20(21-22-23-25)29-13-18(26)16-12-14(2)24(15(16)3)10-11-27-4/h6-9,12H,5,10-11,13H2,1-4H3. The Kier molecular flexibility index (Phi) is 7.05. The van der Waals surface area contributed by atoms with Gasteiger partial charge in [-0.2, -0.15) is 4.68 Å². The largest absolute Gasteiger partial charge is 0.492 e. The third kappa shape index (κ3) is 4.68. The number of para-hydroxylation sites is 2. The monoisotopic (exact) mass is 415 g/mol. The van der Waals surface area contributed by atoms with Gasteiger partial charge in [0.15, 0.2) is 5.78 Å². The van der Waals surface area contributed by atoms with Crippen molar-refractivity contribution >= 4 is 17.5 Å². The van der Waals surface area contributed by atoms with Crippen LogP contribution in [0.3, 0.4) is 0 Å². The van der Waals surface area contributed by atoms with E-state index in [-0.39, 0.29) is 11.5 Å². The summed E-state index contributed by atoms with van der Waals surface area (Å²) in [7, 11) is 1.67. The number of tetrazole rings is 1. The molecule has 0 saturated heterocycles. The van der Waals surface area contributed by atoms with Gasteiger partial charge >= 0.3 is 0 Å². The van der Waals surface area contributed by atoms with E-state index in [9.17, 15) is 4.79 Å². The highest BCUT2D eigenvalue weighted by molar-refractivity contribution is 7.99. The first kappa shape index (κ1) is 21.1. The fraction of sp³-hybridized carbons (Fsp3) is 0.400. The maximum atomic E-state index is 12.8. The number of hydrogen-bond donors (Lipinski definition) is 0. The minimum absolute atomic E-state index is 0.0411. The summed E-state index contributed by atoms with van der Waals surface area (Å²) >= 11 is 1.31. The predicted molar refractivity (Wildman–Crippen MR) is 111 cm³/mol. The van der Waals surface area contributed by atoms with Crippen LogP contribution in [0, 0.1) is 13.8 Å². The van der Waals surface area contributed by atoms with Crippen LogP contribution in [0.2, 0.25) is 0 Å². The number of ether oxygens (including phenoxy) is 2. The van der Waals surface area contributed by atoms with Crippen molar-refractivity contribution in [2.75, 3.05) is 26.1 Å². The van der Waals surface area contributed by atoms with E-state index >= 15 is 0 Å². The summed E-state index contributed by atoms with van der Waals surface area (Å²) in [5, 5.41) is 12.5. The van der Waals surface area contributed by atoms with Gasteiger partial charge in [-0.15, -0.1) is 5.10 Å². The summed E-state index contributed by atoms with van der Waals surface area (Å²) in [4.78, 5) is 12.8. The van der Waals surface area contributed by atoms with Crippen molar-refractivity contribution in [3.05, 3.63) is 47.3 Å². The number of benzene rings is 1. The Morgan fingerprint density at radius 2 is 2.03 bits per heavy atom. The Morgan fingerprint density at radius 3 is 2.79 bits per heavy atom. The summed E-state index contributed by atoms with van der Waals surface area (Å²) in [5.74, 6) is 0.975. The summed E-state index contributed by atoms with van der Waals surface area (Å²) < 4.78 is 14.5. The average Bonchev–Trinajstić information content (AvgIpc) is 3.30. The average molecular weight is 416 g/mol. The third-order valence-electron chi connectivity index (χ3n) is 4.56. The zero-order valence-electron chi connectivity index (χ0n) is 17.1. The van der Waals surface area contributed by atoms with Crippen LogP contribution in [0.4, 0.5) is 0 Å². The first-order chi connectivity index (χ1) is 14.1. The van der Waals surface area contributed by atoms with Gasteiger partial charge in [-0.1, -0.05) is 23.9 Å². The van der Waals surface area contributed by atoms with Gasteiger partial charge < -0.3 is 14.0 Å². The molecule has 0 saturated carbocycles. The fourth-order valence-corrected chi connectivity index (χ4v) is 3.91. The number of rotatable bonds is 10. The molecule has 0 bridgehead atoms. The molecule has 3 rings (SSSR count). The van der Waals surface area contributed by atoms with Gasteiger partial charge in [-0.25, -0.2) is 0 Å². The molecule has 0 unspecified atom stereocenters. The fourth-order valence-electron chi connectivity index (χ4n) is 3.15. The molecule has 0 spiro atoms. The normalized spacial score (nSPS) is 11.0. The summed E-state index contributed by atoms with van der Waals surface area (Å²) in [6.45, 7) is 7.75. The van der Waals surface area contributed by atoms with Crippen LogP contribution in [-0.4, -0.2) is 56.6 Å². The molecular formula is C20H25N5O3S. The first-order valence-electron chi connectivity index (χ1n) is 9.39. The zero-order valence-corrected chi connectivity index (χ0v) is 17.9. The lowest BCUT2D eigenvalue weighted by atomic mass is 10.2. The van der Waals surface area contributed by atoms with Crippen molar-refractivity contribution < 1.29 is 14.3 Å². The van der Waals surface area contributed by atoms with E-state index in [0.29, 0.717) is 24.1 Å². The molecule has 0 aliphatic heterocycles. The van der Waals surface area contributed by atoms with Crippen LogP contribution >= 0.6 is 11.8 Å². The topological polar surface area (TPSA) is 84.1 Å². The maximum absolute atomic E-state index is 12.8. The number of Topliss-reactive ketones (excluding diaryl/α,β-unsaturated/α-hetero) is 1. The summed E-state index contributed by atoms with van der Waals surface area (Å²) in [5.41, 5.74) is 3.46. The van der Waals surface area contributed by atoms with E-state index in [1.165, 1.54) is 11.8 Å². The van der Waals surface area contributed by atoms with Gasteiger partial charge in [-0.05, 0) is 49.4 Å². The second kappa shape index (κ2) is 9.71. The SMILES string of the molecule is CCOc1ccccc1-n1nnnc1SCC(=O)c1cc(C)n(CCOC)c1C. The van der Waals surface area contributed by atoms with Crippen molar-refractivity contribution in [1.29, 1.82) is 0 Å². The predicted octanol–water partition coefficient (Wildman–Crippen LogP) is 3.10. The number of carbonyl (C=O) groups excluding carboxylic acids is 1. The van der Waals surface area contributed by atoms with Gasteiger partial charge in [-0.3, -0.25) is 4.79 Å². The molecule has 29 heavy (non-hydrogen) atoms. The van der Waals surface area contributed by atoms with E-state index < -0.39 is 0 Å². The van der Waals surface area contributed by atoms with Crippen LogP contribution in [0.5, 0.6) is 5.75 Å². The molecule has 1 aromatic carbocycles. The number of aromatic nitrogens is 5. The van der Waals surface area contributed by atoms with Crippen LogP contribution in [0.15, 0.2) is 35.5 Å². The Balaban J connectivity index is 1.76. The minimum atomic E-state index is 0.0411. The Labute approximate surface area is 174 Å². The Morgan fingerprint density at radius 1 is 1.24 bits per heavy atom. The highest BCUT2D eigenvalue weighted by atomic mass is 32.2. The molecule has 0 atom stereocenters. The molecule has 154 valence electrons. The van der Waals surface area contributed by atoms with Gasteiger partial charge in [0.2, 0.25) is 5.16 Å². The molecule has 8 nitrogen and oxygen atoms in total. The summed E-state index contributed by atoms with van der Waals surface area (Å²) in [6.07, 6.45) is 0. The Hall–Kier alpha value is -2.65. The highest BCUT2D eigenvalue weighted by Crippen LogP contribution is 2.27. The second-order valence-electron chi connectivity index (χ2n) is 6.42. The minimum Gasteiger partial charge on any atom is -0.492 e. The molecule has 0 N–H and O–H groups in total. The third-order valence-corrected chi connectivity index (χ3v) is 5.48. The number of aryl methyl sites for hydroxylation is 1. The van der Waals surface area contributed by atoms with Crippen LogP contribution in [0.25, 0.3) is 5.69 Å². The number of methoxy groups -OCH3 is 1. The molecular weight excluding hydrogens is 390 g/mol. The van der Waals surface area contributed by atoms with Crippen molar-refractivity contribution in [2.24, 2.45) is 0 Å². The summed E-state index contributed by atoms with van der Waals surface area (Å²) in [6, 6.07) is 9.48. The van der Waals surface area contributed by atoms with Crippen molar-refractivity contribution in [2.45, 2.75) is 32.5 Å². The number of nitrogens with zero attached hydrogens (tertiary/aromatic N) is 5. The molecule has 0 aliphatic carbocycles. The number of thioether (sulfide) groups is 1. The van der Waals surface area contributed by atoms with E-state index in [4.69, 9.17) is 9.47 Å². The van der Waals surface area contributed by atoms with Crippen molar-refractivity contribution in [3.8, 4) is 11.4 Å². The van der Waals surface area contributed by atoms with Gasteiger partial charge in [0.25, 0.3) is 0 Å². The van der Waals surface area contributed by atoms with Gasteiger partial charge in [0.05, 0.1) is 19.0 Å². The van der Waals surface area contributed by atoms with Crippen LogP contribution in [-0.2, 0) is 11.3 Å². The van der Waals surface area contributed by atoms with Crippen molar-refractivity contribution in [3.63, 3.8) is 0 Å². The molecule has 2 heterocycles. The smallest absolute Gasteiger partial charge is 0.214 e. The van der Waals surface area contributed by atoms with Gasteiger partial charge in [0.1, 0.15) is 11.4 Å². The number of hydrogen-bond acceptors (Lipinski definition) is 7. The first-order valence-corrected chi connectivity index (χ1v) is 10.4. The van der Waals surface area contributed by atoms with E-state index in [1.807, 2.05) is 51.1 Å². The number of carbonyl (C=O) groups is 1. The molecule has 9 heteroatoms. The lowest BCUT2D eigenvalue weighted by Gasteiger charge is -2.10. The van der Waals surface area contributed by atoms with E-state index in [1.54, 1.807) is 11.8 Å². The van der Waals surface area contributed by atoms with Gasteiger partial charge in [0, 0.05) is 30.6 Å². The second-order valence-corrected chi connectivity index (χ2v) is 7.36. The Bertz CT molecular complexity index is 982. The van der Waals surface area contributed by atoms with Crippen molar-refractivity contribution in [1.82, 2.24) is 24.8 Å². The van der Waals surface area contributed by atoms with E-state index in [0.717, 1.165) is 29.2 Å². The quantitative estimate of drug-likeness (QED) is 0.372.